The fourth-order valence-electron chi connectivity index (χ4n) is 3.08. The van der Waals surface area contributed by atoms with Gasteiger partial charge in [0.25, 0.3) is 5.91 Å². The number of hydrogen-bond acceptors (Lipinski definition) is 6. The molecule has 3 heterocycles. The number of aryl methyl sites for hydroxylation is 2. The summed E-state index contributed by atoms with van der Waals surface area (Å²) < 4.78 is 3.42. The van der Waals surface area contributed by atoms with Crippen LogP contribution < -0.4 is 5.32 Å². The van der Waals surface area contributed by atoms with Gasteiger partial charge in [0.05, 0.1) is 28.0 Å². The van der Waals surface area contributed by atoms with Crippen LogP contribution in [0.15, 0.2) is 35.9 Å². The van der Waals surface area contributed by atoms with Crippen molar-refractivity contribution in [3.63, 3.8) is 0 Å². The average molecular weight is 448 g/mol. The number of carbonyl (C=O) groups excluding carboxylic acids is 1. The monoisotopic (exact) mass is 447 g/mol. The topological polar surface area (TPSA) is 99.2 Å². The Morgan fingerprint density at radius 1 is 1.27 bits per heavy atom. The fraction of sp³-hybridized carbons (Fsp3) is 0.316. The maximum absolute atomic E-state index is 12.5. The van der Waals surface area contributed by atoms with Gasteiger partial charge in [0.1, 0.15) is 6.33 Å². The van der Waals surface area contributed by atoms with E-state index in [0.29, 0.717) is 28.7 Å². The van der Waals surface area contributed by atoms with Gasteiger partial charge in [-0.05, 0) is 31.5 Å². The molecule has 0 aliphatic carbocycles. The van der Waals surface area contributed by atoms with Crippen LogP contribution >= 0.6 is 23.2 Å². The van der Waals surface area contributed by atoms with E-state index in [1.54, 1.807) is 16.8 Å². The van der Waals surface area contributed by atoms with Gasteiger partial charge in [0.15, 0.2) is 0 Å². The highest BCUT2D eigenvalue weighted by Crippen LogP contribution is 2.23. The molecular weight excluding hydrogens is 429 g/mol. The van der Waals surface area contributed by atoms with Crippen molar-refractivity contribution in [3.05, 3.63) is 57.6 Å². The lowest BCUT2D eigenvalue weighted by atomic mass is 10.1. The third-order valence-corrected chi connectivity index (χ3v) is 5.38. The Bertz CT molecular complexity index is 1120. The first-order valence-corrected chi connectivity index (χ1v) is 10.1. The highest BCUT2D eigenvalue weighted by molar-refractivity contribution is 6.42. The number of rotatable bonds is 6. The SMILES string of the molecule is CCn1cc(C2=NOC(C(=O)Nc3ncn(Cc4ccc(Cl)c(Cl)c4)n3)C2)c(C)n1. The summed E-state index contributed by atoms with van der Waals surface area (Å²) in [5.41, 5.74) is 3.34. The van der Waals surface area contributed by atoms with Gasteiger partial charge < -0.3 is 4.84 Å². The Kier molecular flexibility index (Phi) is 5.74. The third-order valence-electron chi connectivity index (χ3n) is 4.64. The second-order valence-electron chi connectivity index (χ2n) is 6.82. The summed E-state index contributed by atoms with van der Waals surface area (Å²) in [6, 6.07) is 5.33. The van der Waals surface area contributed by atoms with E-state index in [9.17, 15) is 4.79 Å². The lowest BCUT2D eigenvalue weighted by Crippen LogP contribution is -2.28. The number of halogens is 2. The third kappa shape index (κ3) is 4.31. The number of amides is 1. The van der Waals surface area contributed by atoms with Crippen LogP contribution in [0.25, 0.3) is 0 Å². The molecule has 0 fully saturated rings. The van der Waals surface area contributed by atoms with Crippen LogP contribution in [0.2, 0.25) is 10.0 Å². The van der Waals surface area contributed by atoms with Crippen LogP contribution in [-0.4, -0.2) is 42.3 Å². The molecule has 30 heavy (non-hydrogen) atoms. The van der Waals surface area contributed by atoms with Gasteiger partial charge >= 0.3 is 0 Å². The first-order valence-electron chi connectivity index (χ1n) is 9.34. The molecule has 4 rings (SSSR count). The number of benzene rings is 1. The average Bonchev–Trinajstić information content (AvgIpc) is 3.44. The lowest BCUT2D eigenvalue weighted by molar-refractivity contribution is -0.125. The van der Waals surface area contributed by atoms with Gasteiger partial charge in [0.2, 0.25) is 12.1 Å². The summed E-state index contributed by atoms with van der Waals surface area (Å²) in [4.78, 5) is 22.0. The van der Waals surface area contributed by atoms with Crippen LogP contribution in [0.1, 0.15) is 30.2 Å². The molecule has 1 aliphatic heterocycles. The number of carbonyl (C=O) groups is 1. The van der Waals surface area contributed by atoms with Gasteiger partial charge in [-0.3, -0.25) is 14.8 Å². The van der Waals surface area contributed by atoms with Crippen molar-refractivity contribution in [3.8, 4) is 0 Å². The van der Waals surface area contributed by atoms with Gasteiger partial charge in [-0.1, -0.05) is 34.4 Å². The Morgan fingerprint density at radius 2 is 2.10 bits per heavy atom. The van der Waals surface area contributed by atoms with Gasteiger partial charge in [-0.25, -0.2) is 9.67 Å². The molecule has 0 spiro atoms. The first kappa shape index (κ1) is 20.4. The summed E-state index contributed by atoms with van der Waals surface area (Å²) in [7, 11) is 0. The van der Waals surface area contributed by atoms with Crippen molar-refractivity contribution in [2.75, 3.05) is 5.32 Å². The molecule has 1 N–H and O–H groups in total. The second kappa shape index (κ2) is 8.45. The zero-order chi connectivity index (χ0) is 21.3. The Balaban J connectivity index is 1.36. The minimum atomic E-state index is -0.744. The largest absolute Gasteiger partial charge is 0.382 e. The number of nitrogens with zero attached hydrogens (tertiary/aromatic N) is 6. The number of oxime groups is 1. The number of anilines is 1. The van der Waals surface area contributed by atoms with Crippen LogP contribution in [-0.2, 0) is 22.7 Å². The van der Waals surface area contributed by atoms with E-state index in [0.717, 1.165) is 23.4 Å². The van der Waals surface area contributed by atoms with E-state index < -0.39 is 6.10 Å². The molecule has 1 aliphatic rings. The molecule has 11 heteroatoms. The Labute approximate surface area is 182 Å². The van der Waals surface area contributed by atoms with Crippen LogP contribution in [0.4, 0.5) is 5.95 Å². The molecule has 1 amide bonds. The molecule has 1 unspecified atom stereocenters. The Morgan fingerprint density at radius 3 is 2.83 bits per heavy atom. The molecule has 0 saturated carbocycles. The lowest BCUT2D eigenvalue weighted by Gasteiger charge is -2.06. The summed E-state index contributed by atoms with van der Waals surface area (Å²) in [5.74, 6) is -0.173. The summed E-state index contributed by atoms with van der Waals surface area (Å²) in [6.45, 7) is 5.11. The molecule has 0 saturated heterocycles. The highest BCUT2D eigenvalue weighted by Gasteiger charge is 2.31. The van der Waals surface area contributed by atoms with E-state index in [-0.39, 0.29) is 11.9 Å². The van der Waals surface area contributed by atoms with E-state index in [4.69, 9.17) is 28.0 Å². The molecule has 0 bridgehead atoms. The minimum Gasteiger partial charge on any atom is -0.382 e. The van der Waals surface area contributed by atoms with E-state index in [2.05, 4.69) is 25.7 Å². The number of aromatic nitrogens is 5. The zero-order valence-corrected chi connectivity index (χ0v) is 17.9. The van der Waals surface area contributed by atoms with Gasteiger partial charge in [-0.15, -0.1) is 5.10 Å². The molecule has 9 nitrogen and oxygen atoms in total. The highest BCUT2D eigenvalue weighted by atomic mass is 35.5. The normalized spacial score (nSPS) is 15.7. The maximum Gasteiger partial charge on any atom is 0.271 e. The van der Waals surface area contributed by atoms with Crippen molar-refractivity contribution in [1.82, 2.24) is 24.5 Å². The summed E-state index contributed by atoms with van der Waals surface area (Å²) >= 11 is 12.0. The zero-order valence-electron chi connectivity index (χ0n) is 16.3. The van der Waals surface area contributed by atoms with Crippen molar-refractivity contribution in [2.45, 2.75) is 39.5 Å². The fourth-order valence-corrected chi connectivity index (χ4v) is 3.40. The predicted octanol–water partition coefficient (Wildman–Crippen LogP) is 3.29. The molecule has 3 aromatic rings. The van der Waals surface area contributed by atoms with E-state index >= 15 is 0 Å². The van der Waals surface area contributed by atoms with Crippen molar-refractivity contribution >= 4 is 40.8 Å². The smallest absolute Gasteiger partial charge is 0.271 e. The van der Waals surface area contributed by atoms with Crippen molar-refractivity contribution in [1.29, 1.82) is 0 Å². The van der Waals surface area contributed by atoms with Crippen molar-refractivity contribution < 1.29 is 9.63 Å². The number of nitrogens with one attached hydrogen (secondary N) is 1. The van der Waals surface area contributed by atoms with Gasteiger partial charge in [-0.2, -0.15) is 5.10 Å². The Hall–Kier alpha value is -2.91. The molecule has 156 valence electrons. The molecule has 1 atom stereocenters. The molecule has 2 aromatic heterocycles. The van der Waals surface area contributed by atoms with Crippen LogP contribution in [0, 0.1) is 6.92 Å². The molecule has 1 aromatic carbocycles. The second-order valence-corrected chi connectivity index (χ2v) is 7.64. The predicted molar refractivity (Wildman–Crippen MR) is 113 cm³/mol. The van der Waals surface area contributed by atoms with Crippen LogP contribution in [0.5, 0.6) is 0 Å². The minimum absolute atomic E-state index is 0.187. The maximum atomic E-state index is 12.5. The molecule has 0 radical (unpaired) electrons. The quantitative estimate of drug-likeness (QED) is 0.624. The van der Waals surface area contributed by atoms with Crippen LogP contribution in [0.3, 0.4) is 0 Å². The number of hydrogen-bond donors (Lipinski definition) is 1. The summed E-state index contributed by atoms with van der Waals surface area (Å²) in [5, 5.41) is 16.4. The van der Waals surface area contributed by atoms with E-state index in [1.165, 1.54) is 6.33 Å². The summed E-state index contributed by atoms with van der Waals surface area (Å²) in [6.07, 6.45) is 3.04. The first-order chi connectivity index (χ1) is 14.4. The van der Waals surface area contributed by atoms with Crippen molar-refractivity contribution in [2.24, 2.45) is 5.16 Å². The van der Waals surface area contributed by atoms with E-state index in [1.807, 2.05) is 30.8 Å². The molecular formula is C19H19Cl2N7O2. The standard InChI is InChI=1S/C19H19Cl2N7O2/c1-3-27-9-13(11(2)24-27)16-7-17(30-26-16)18(29)23-19-22-10-28(25-19)8-12-4-5-14(20)15(21)6-12/h4-6,9-10,17H,3,7-8H2,1-2H3,(H,23,25,29). The van der Waals surface area contributed by atoms with Gasteiger partial charge in [0, 0.05) is 24.7 Å².